The van der Waals surface area contributed by atoms with Crippen molar-refractivity contribution in [3.05, 3.63) is 54.6 Å². The predicted octanol–water partition coefficient (Wildman–Crippen LogP) is 3.45. The molecule has 0 aliphatic heterocycles. The summed E-state index contributed by atoms with van der Waals surface area (Å²) >= 11 is 1.40. The van der Waals surface area contributed by atoms with Gasteiger partial charge >= 0.3 is 0 Å². The van der Waals surface area contributed by atoms with Crippen LogP contribution < -0.4 is 5.73 Å². The average molecular weight is 253 g/mol. The number of hydrogen-bond acceptors (Lipinski definition) is 4. The van der Waals surface area contributed by atoms with E-state index in [-0.39, 0.29) is 0 Å². The summed E-state index contributed by atoms with van der Waals surface area (Å²) in [5.41, 5.74) is 9.03. The number of anilines is 1. The molecule has 88 valence electrons. The Labute approximate surface area is 109 Å². The molecule has 0 fully saturated rings. The van der Waals surface area contributed by atoms with Gasteiger partial charge in [0.05, 0.1) is 0 Å². The van der Waals surface area contributed by atoms with Gasteiger partial charge < -0.3 is 5.73 Å². The fraction of sp³-hybridized carbons (Fsp3) is 0. The normalized spacial score (nSPS) is 10.4. The summed E-state index contributed by atoms with van der Waals surface area (Å²) < 4.78 is 0. The molecule has 0 aliphatic rings. The highest BCUT2D eigenvalue weighted by atomic mass is 32.1. The SMILES string of the molecule is Nc1nnc(-c2ccc(-c3ccccc3)cc2)s1. The smallest absolute Gasteiger partial charge is 0.203 e. The number of nitrogens with two attached hydrogens (primary N) is 1. The molecule has 0 radical (unpaired) electrons. The van der Waals surface area contributed by atoms with Crippen LogP contribution in [-0.4, -0.2) is 10.2 Å². The molecule has 0 aliphatic carbocycles. The minimum absolute atomic E-state index is 0.497. The Morgan fingerprint density at radius 1 is 0.722 bits per heavy atom. The largest absolute Gasteiger partial charge is 0.374 e. The van der Waals surface area contributed by atoms with E-state index in [0.717, 1.165) is 10.6 Å². The van der Waals surface area contributed by atoms with E-state index < -0.39 is 0 Å². The molecule has 2 aromatic carbocycles. The molecule has 2 N–H and O–H groups in total. The molecule has 0 atom stereocenters. The zero-order chi connectivity index (χ0) is 12.4. The Morgan fingerprint density at radius 3 is 1.94 bits per heavy atom. The van der Waals surface area contributed by atoms with Crippen molar-refractivity contribution in [2.24, 2.45) is 0 Å². The van der Waals surface area contributed by atoms with E-state index in [1.807, 2.05) is 30.3 Å². The van der Waals surface area contributed by atoms with Crippen molar-refractivity contribution < 1.29 is 0 Å². The Balaban J connectivity index is 1.94. The van der Waals surface area contributed by atoms with Crippen LogP contribution in [0.25, 0.3) is 21.7 Å². The quantitative estimate of drug-likeness (QED) is 0.761. The second kappa shape index (κ2) is 4.58. The number of benzene rings is 2. The third kappa shape index (κ3) is 2.10. The molecular formula is C14H11N3S. The molecule has 1 heterocycles. The first kappa shape index (κ1) is 10.9. The van der Waals surface area contributed by atoms with Crippen molar-refractivity contribution in [3.8, 4) is 21.7 Å². The van der Waals surface area contributed by atoms with Crippen LogP contribution >= 0.6 is 11.3 Å². The Morgan fingerprint density at radius 2 is 1.33 bits per heavy atom. The van der Waals surface area contributed by atoms with E-state index in [9.17, 15) is 0 Å². The maximum absolute atomic E-state index is 5.58. The standard InChI is InChI=1S/C14H11N3S/c15-14-17-16-13(18-14)12-8-6-11(7-9-12)10-4-2-1-3-5-10/h1-9H,(H2,15,17). The Kier molecular flexibility index (Phi) is 2.78. The maximum Gasteiger partial charge on any atom is 0.203 e. The van der Waals surface area contributed by atoms with Gasteiger partial charge in [-0.15, -0.1) is 10.2 Å². The lowest BCUT2D eigenvalue weighted by Crippen LogP contribution is -1.80. The molecule has 0 amide bonds. The molecule has 1 aromatic heterocycles. The lowest BCUT2D eigenvalue weighted by molar-refractivity contribution is 1.10. The molecule has 0 saturated carbocycles. The van der Waals surface area contributed by atoms with Crippen LogP contribution in [0.2, 0.25) is 0 Å². The molecule has 0 bridgehead atoms. The van der Waals surface area contributed by atoms with Crippen LogP contribution in [-0.2, 0) is 0 Å². The fourth-order valence-electron chi connectivity index (χ4n) is 1.79. The van der Waals surface area contributed by atoms with Gasteiger partial charge in [-0.2, -0.15) is 0 Å². The van der Waals surface area contributed by atoms with Crippen LogP contribution in [0.15, 0.2) is 54.6 Å². The van der Waals surface area contributed by atoms with Gasteiger partial charge in [0.1, 0.15) is 5.01 Å². The first-order chi connectivity index (χ1) is 8.83. The summed E-state index contributed by atoms with van der Waals surface area (Å²) in [6, 6.07) is 18.5. The molecule has 4 heteroatoms. The van der Waals surface area contributed by atoms with Crippen molar-refractivity contribution >= 4 is 16.5 Å². The second-order valence-corrected chi connectivity index (χ2v) is 4.90. The van der Waals surface area contributed by atoms with Gasteiger partial charge in [0.15, 0.2) is 0 Å². The number of aromatic nitrogens is 2. The van der Waals surface area contributed by atoms with Crippen molar-refractivity contribution in [2.45, 2.75) is 0 Å². The van der Waals surface area contributed by atoms with Gasteiger partial charge in [0.25, 0.3) is 0 Å². The summed E-state index contributed by atoms with van der Waals surface area (Å²) in [5.74, 6) is 0. The third-order valence-electron chi connectivity index (χ3n) is 2.68. The molecule has 3 nitrogen and oxygen atoms in total. The van der Waals surface area contributed by atoms with Crippen LogP contribution in [0.3, 0.4) is 0 Å². The third-order valence-corrected chi connectivity index (χ3v) is 3.48. The fourth-order valence-corrected chi connectivity index (χ4v) is 2.40. The van der Waals surface area contributed by atoms with E-state index in [2.05, 4.69) is 34.5 Å². The predicted molar refractivity (Wildman–Crippen MR) is 75.2 cm³/mol. The van der Waals surface area contributed by atoms with Crippen molar-refractivity contribution in [3.63, 3.8) is 0 Å². The van der Waals surface area contributed by atoms with Gasteiger partial charge in [-0.05, 0) is 11.1 Å². The van der Waals surface area contributed by atoms with Gasteiger partial charge in [-0.3, -0.25) is 0 Å². The van der Waals surface area contributed by atoms with Gasteiger partial charge in [-0.1, -0.05) is 65.9 Å². The molecule has 0 spiro atoms. The van der Waals surface area contributed by atoms with Crippen molar-refractivity contribution in [2.75, 3.05) is 5.73 Å². The number of rotatable bonds is 2. The summed E-state index contributed by atoms with van der Waals surface area (Å²) in [6.07, 6.45) is 0. The van der Waals surface area contributed by atoms with Gasteiger partial charge in [0, 0.05) is 5.56 Å². The highest BCUT2D eigenvalue weighted by molar-refractivity contribution is 7.18. The summed E-state index contributed by atoms with van der Waals surface area (Å²) in [4.78, 5) is 0. The average Bonchev–Trinajstić information content (AvgIpc) is 2.87. The van der Waals surface area contributed by atoms with Gasteiger partial charge in [-0.25, -0.2) is 0 Å². The van der Waals surface area contributed by atoms with Crippen molar-refractivity contribution in [1.82, 2.24) is 10.2 Å². The van der Waals surface area contributed by atoms with E-state index in [4.69, 9.17) is 5.73 Å². The lowest BCUT2D eigenvalue weighted by atomic mass is 10.0. The monoisotopic (exact) mass is 253 g/mol. The number of hydrogen-bond donors (Lipinski definition) is 1. The van der Waals surface area contributed by atoms with Gasteiger partial charge in [0.2, 0.25) is 5.13 Å². The van der Waals surface area contributed by atoms with E-state index >= 15 is 0 Å². The molecule has 0 unspecified atom stereocenters. The zero-order valence-electron chi connectivity index (χ0n) is 9.58. The summed E-state index contributed by atoms with van der Waals surface area (Å²) in [5, 5.41) is 9.20. The summed E-state index contributed by atoms with van der Waals surface area (Å²) in [7, 11) is 0. The number of nitrogen functional groups attached to an aromatic ring is 1. The van der Waals surface area contributed by atoms with Crippen LogP contribution in [0.1, 0.15) is 0 Å². The summed E-state index contributed by atoms with van der Waals surface area (Å²) in [6.45, 7) is 0. The lowest BCUT2D eigenvalue weighted by Gasteiger charge is -2.02. The first-order valence-corrected chi connectivity index (χ1v) is 6.39. The topological polar surface area (TPSA) is 51.8 Å². The highest BCUT2D eigenvalue weighted by Crippen LogP contribution is 2.27. The van der Waals surface area contributed by atoms with Crippen molar-refractivity contribution in [1.29, 1.82) is 0 Å². The Bertz CT molecular complexity index is 644. The van der Waals surface area contributed by atoms with Crippen LogP contribution in [0.5, 0.6) is 0 Å². The number of nitrogens with zero attached hydrogens (tertiary/aromatic N) is 2. The van der Waals surface area contributed by atoms with E-state index in [0.29, 0.717) is 5.13 Å². The molecular weight excluding hydrogens is 242 g/mol. The van der Waals surface area contributed by atoms with Crippen LogP contribution in [0.4, 0.5) is 5.13 Å². The van der Waals surface area contributed by atoms with Crippen LogP contribution in [0, 0.1) is 0 Å². The molecule has 3 rings (SSSR count). The highest BCUT2D eigenvalue weighted by Gasteiger charge is 2.04. The molecule has 3 aromatic rings. The minimum atomic E-state index is 0.497. The minimum Gasteiger partial charge on any atom is -0.374 e. The molecule has 18 heavy (non-hydrogen) atoms. The second-order valence-electron chi connectivity index (χ2n) is 3.89. The maximum atomic E-state index is 5.58. The van der Waals surface area contributed by atoms with E-state index in [1.165, 1.54) is 22.5 Å². The molecule has 0 saturated heterocycles. The Hall–Kier alpha value is -2.20. The first-order valence-electron chi connectivity index (χ1n) is 5.58. The zero-order valence-corrected chi connectivity index (χ0v) is 10.4. The van der Waals surface area contributed by atoms with E-state index in [1.54, 1.807) is 0 Å².